The smallest absolute Gasteiger partial charge is 0.289 e. The number of rotatable bonds is 2. The minimum atomic E-state index is -2.70. The summed E-state index contributed by atoms with van der Waals surface area (Å²) in [4.78, 5) is 11.5. The van der Waals surface area contributed by atoms with Crippen molar-refractivity contribution >= 4 is 28.6 Å². The molecule has 2 N–H and O–H groups in total. The monoisotopic (exact) mass is 243 g/mol. The van der Waals surface area contributed by atoms with Gasteiger partial charge in [0.05, 0.1) is 5.39 Å². The first-order valence-electron chi connectivity index (χ1n) is 4.35. The van der Waals surface area contributed by atoms with Crippen molar-refractivity contribution in [3.05, 3.63) is 34.5 Å². The first-order valence-corrected chi connectivity index (χ1v) is 5.23. The fraction of sp³-hybridized carbons (Fsp3) is 0.100. The van der Waals surface area contributed by atoms with E-state index in [1.807, 2.05) is 0 Å². The van der Waals surface area contributed by atoms with Gasteiger partial charge in [-0.3, -0.25) is 4.79 Å². The number of anilines is 1. The van der Waals surface area contributed by atoms with Crippen LogP contribution in [0, 0.1) is 0 Å². The predicted octanol–water partition coefficient (Wildman–Crippen LogP) is 2.69. The number of nitrogens with two attached hydrogens (primary N) is 1. The van der Waals surface area contributed by atoms with Crippen LogP contribution in [0.4, 0.5) is 14.7 Å². The van der Waals surface area contributed by atoms with Gasteiger partial charge in [0.25, 0.3) is 5.76 Å². The molecule has 0 unspecified atom stereocenters. The standard InChI is InChI=1S/C10H7F2NO2S/c11-10(12)16-8-7(14)5-3-1-2-4-6(5)15-9(8)13/h1-4,10H,13H2. The van der Waals surface area contributed by atoms with Crippen LogP contribution in [-0.2, 0) is 0 Å². The van der Waals surface area contributed by atoms with E-state index < -0.39 is 11.2 Å². The summed E-state index contributed by atoms with van der Waals surface area (Å²) < 4.78 is 29.5. The highest BCUT2D eigenvalue weighted by Crippen LogP contribution is 2.29. The van der Waals surface area contributed by atoms with E-state index in [-0.39, 0.29) is 27.9 Å². The van der Waals surface area contributed by atoms with E-state index in [1.165, 1.54) is 6.07 Å². The van der Waals surface area contributed by atoms with E-state index in [2.05, 4.69) is 0 Å². The third kappa shape index (κ3) is 1.88. The van der Waals surface area contributed by atoms with E-state index >= 15 is 0 Å². The molecule has 0 spiro atoms. The number of alkyl halides is 2. The first-order chi connectivity index (χ1) is 7.59. The van der Waals surface area contributed by atoms with E-state index in [1.54, 1.807) is 18.2 Å². The summed E-state index contributed by atoms with van der Waals surface area (Å²) in [6.07, 6.45) is 0. The molecule has 0 radical (unpaired) electrons. The second-order valence-corrected chi connectivity index (χ2v) is 4.00. The van der Waals surface area contributed by atoms with E-state index in [4.69, 9.17) is 10.2 Å². The highest BCUT2D eigenvalue weighted by molar-refractivity contribution is 7.99. The first kappa shape index (κ1) is 10.9. The number of halogens is 2. The average Bonchev–Trinajstić information content (AvgIpc) is 2.24. The van der Waals surface area contributed by atoms with Crippen molar-refractivity contribution in [1.29, 1.82) is 0 Å². The lowest BCUT2D eigenvalue weighted by Crippen LogP contribution is -2.08. The van der Waals surface area contributed by atoms with Gasteiger partial charge >= 0.3 is 0 Å². The largest absolute Gasteiger partial charge is 0.439 e. The van der Waals surface area contributed by atoms with Gasteiger partial charge in [-0.1, -0.05) is 12.1 Å². The molecule has 6 heteroatoms. The summed E-state index contributed by atoms with van der Waals surface area (Å²) in [5.74, 6) is -2.97. The lowest BCUT2D eigenvalue weighted by atomic mass is 10.2. The van der Waals surface area contributed by atoms with Crippen LogP contribution in [0.1, 0.15) is 0 Å². The number of thioether (sulfide) groups is 1. The Hall–Kier alpha value is -1.56. The van der Waals surface area contributed by atoms with Gasteiger partial charge < -0.3 is 10.2 Å². The van der Waals surface area contributed by atoms with E-state index in [0.717, 1.165) is 0 Å². The van der Waals surface area contributed by atoms with Crippen molar-refractivity contribution in [3.63, 3.8) is 0 Å². The molecule has 0 aliphatic carbocycles. The van der Waals surface area contributed by atoms with Crippen LogP contribution in [-0.4, -0.2) is 5.76 Å². The Morgan fingerprint density at radius 1 is 1.31 bits per heavy atom. The third-order valence-electron chi connectivity index (χ3n) is 1.99. The Kier molecular flexibility index (Phi) is 2.82. The molecular weight excluding hydrogens is 236 g/mol. The van der Waals surface area contributed by atoms with Gasteiger partial charge in [0, 0.05) is 0 Å². The molecule has 1 aromatic heterocycles. The molecule has 1 aromatic carbocycles. The topological polar surface area (TPSA) is 56.2 Å². The zero-order valence-electron chi connectivity index (χ0n) is 7.94. The van der Waals surface area contributed by atoms with E-state index in [9.17, 15) is 13.6 Å². The summed E-state index contributed by atoms with van der Waals surface area (Å²) in [5, 5.41) is 0.250. The highest BCUT2D eigenvalue weighted by atomic mass is 32.2. The number of para-hydroxylation sites is 1. The van der Waals surface area contributed by atoms with Gasteiger partial charge in [-0.15, -0.1) is 0 Å². The molecular formula is C10H7F2NO2S. The second-order valence-electron chi connectivity index (χ2n) is 3.00. The third-order valence-corrected chi connectivity index (χ3v) is 2.79. The molecule has 1 heterocycles. The van der Waals surface area contributed by atoms with Gasteiger partial charge in [0.1, 0.15) is 10.5 Å². The second kappa shape index (κ2) is 4.13. The van der Waals surface area contributed by atoms with Crippen molar-refractivity contribution in [2.24, 2.45) is 0 Å². The number of hydrogen-bond donors (Lipinski definition) is 1. The summed E-state index contributed by atoms with van der Waals surface area (Å²) in [6.45, 7) is 0. The maximum absolute atomic E-state index is 12.2. The maximum atomic E-state index is 12.2. The lowest BCUT2D eigenvalue weighted by Gasteiger charge is -2.04. The summed E-state index contributed by atoms with van der Waals surface area (Å²) in [6, 6.07) is 6.37. The predicted molar refractivity (Wildman–Crippen MR) is 58.8 cm³/mol. The van der Waals surface area contributed by atoms with Crippen molar-refractivity contribution in [2.45, 2.75) is 10.7 Å². The van der Waals surface area contributed by atoms with Crippen LogP contribution >= 0.6 is 11.8 Å². The number of fused-ring (bicyclic) bond motifs is 1. The molecule has 3 nitrogen and oxygen atoms in total. The number of benzene rings is 1. The molecule has 2 rings (SSSR count). The highest BCUT2D eigenvalue weighted by Gasteiger charge is 2.16. The van der Waals surface area contributed by atoms with Gasteiger partial charge in [0.15, 0.2) is 0 Å². The molecule has 0 saturated carbocycles. The van der Waals surface area contributed by atoms with Crippen LogP contribution in [0.5, 0.6) is 0 Å². The quantitative estimate of drug-likeness (QED) is 0.824. The van der Waals surface area contributed by atoms with Crippen LogP contribution in [0.15, 0.2) is 38.4 Å². The molecule has 0 aliphatic rings. The molecule has 0 atom stereocenters. The van der Waals surface area contributed by atoms with Crippen molar-refractivity contribution in [2.75, 3.05) is 5.73 Å². The summed E-state index contributed by atoms with van der Waals surface area (Å²) >= 11 is 0.102. The van der Waals surface area contributed by atoms with Gasteiger partial charge in [-0.2, -0.15) is 8.78 Å². The van der Waals surface area contributed by atoms with Crippen molar-refractivity contribution < 1.29 is 13.2 Å². The molecule has 0 fully saturated rings. The van der Waals surface area contributed by atoms with Crippen molar-refractivity contribution in [3.8, 4) is 0 Å². The molecule has 16 heavy (non-hydrogen) atoms. The number of hydrogen-bond acceptors (Lipinski definition) is 4. The number of nitrogen functional groups attached to an aromatic ring is 1. The molecule has 0 bridgehead atoms. The van der Waals surface area contributed by atoms with Crippen LogP contribution in [0.2, 0.25) is 0 Å². The lowest BCUT2D eigenvalue weighted by molar-refractivity contribution is 0.252. The van der Waals surface area contributed by atoms with Crippen LogP contribution < -0.4 is 11.2 Å². The Morgan fingerprint density at radius 3 is 2.69 bits per heavy atom. The SMILES string of the molecule is Nc1oc2ccccc2c(=O)c1SC(F)F. The van der Waals surface area contributed by atoms with Crippen molar-refractivity contribution in [1.82, 2.24) is 0 Å². The Labute approximate surface area is 93.2 Å². The van der Waals surface area contributed by atoms with Gasteiger partial charge in [-0.25, -0.2) is 0 Å². The molecule has 0 saturated heterocycles. The van der Waals surface area contributed by atoms with Crippen LogP contribution in [0.25, 0.3) is 11.0 Å². The summed E-state index contributed by atoms with van der Waals surface area (Å²) in [7, 11) is 0. The van der Waals surface area contributed by atoms with Crippen LogP contribution in [0.3, 0.4) is 0 Å². The Morgan fingerprint density at radius 2 is 2.00 bits per heavy atom. The normalized spacial score (nSPS) is 11.2. The van der Waals surface area contributed by atoms with Gasteiger partial charge in [0.2, 0.25) is 11.3 Å². The fourth-order valence-corrected chi connectivity index (χ4v) is 1.90. The molecule has 0 aliphatic heterocycles. The summed E-state index contributed by atoms with van der Waals surface area (Å²) in [5.41, 5.74) is 5.19. The molecule has 84 valence electrons. The minimum Gasteiger partial charge on any atom is -0.439 e. The molecule has 2 aromatic rings. The Bertz CT molecular complexity index is 583. The average molecular weight is 243 g/mol. The Balaban J connectivity index is 2.71. The van der Waals surface area contributed by atoms with E-state index in [0.29, 0.717) is 5.58 Å². The van der Waals surface area contributed by atoms with Gasteiger partial charge in [-0.05, 0) is 23.9 Å². The minimum absolute atomic E-state index is 0.102. The molecule has 0 amide bonds. The maximum Gasteiger partial charge on any atom is 0.289 e. The zero-order valence-corrected chi connectivity index (χ0v) is 8.76. The zero-order chi connectivity index (χ0) is 11.7. The fourth-order valence-electron chi connectivity index (χ4n) is 1.34.